The minimum Gasteiger partial charge on any atom is -0.457 e. The molecule has 4 atom stereocenters. The number of carbonyl (C=O) groups is 5. The summed E-state index contributed by atoms with van der Waals surface area (Å²) in [6, 6.07) is 13.2. The van der Waals surface area contributed by atoms with Gasteiger partial charge in [-0.1, -0.05) is 12.2 Å². The number of amides is 3. The molecule has 3 amide bonds. The van der Waals surface area contributed by atoms with Gasteiger partial charge in [0.05, 0.1) is 23.0 Å². The number of non-ortho nitro benzene ring substituents is 1. The number of allylic oxidation sites excluding steroid dienone is 2. The summed E-state index contributed by atoms with van der Waals surface area (Å²) in [7, 11) is 0. The summed E-state index contributed by atoms with van der Waals surface area (Å²) in [6.07, 6.45) is 5.84. The number of ether oxygens (including phenoxy) is 1. The lowest BCUT2D eigenvalue weighted by Crippen LogP contribution is -2.52. The zero-order valence-corrected chi connectivity index (χ0v) is 21.2. The number of hydrazine groups is 1. The van der Waals surface area contributed by atoms with E-state index < -0.39 is 52.8 Å². The van der Waals surface area contributed by atoms with Crippen molar-refractivity contribution in [2.75, 3.05) is 6.54 Å². The van der Waals surface area contributed by atoms with Crippen LogP contribution in [0.3, 0.4) is 0 Å². The number of ketones is 1. The first kappa shape index (κ1) is 25.9. The lowest BCUT2D eigenvalue weighted by molar-refractivity contribution is -0.384. The second-order valence-corrected chi connectivity index (χ2v) is 9.97. The van der Waals surface area contributed by atoms with Crippen LogP contribution in [0.5, 0.6) is 5.75 Å². The topological polar surface area (TPSA) is 157 Å². The zero-order chi connectivity index (χ0) is 28.8. The van der Waals surface area contributed by atoms with E-state index in [0.29, 0.717) is 6.42 Å². The summed E-state index contributed by atoms with van der Waals surface area (Å²) in [5, 5.41) is 12.6. The number of carbonyl (C=O) groups excluding carboxylic acids is 5. The van der Waals surface area contributed by atoms with Gasteiger partial charge in [-0.15, -0.1) is 0 Å². The molecular formula is C29H21N3O9. The first-order valence-corrected chi connectivity index (χ1v) is 12.7. The Balaban J connectivity index is 1.26. The number of benzene rings is 2. The second-order valence-electron chi connectivity index (χ2n) is 9.97. The van der Waals surface area contributed by atoms with E-state index >= 15 is 0 Å². The number of Topliss-reactive ketones (excluding diaryl/α,β-unsaturated/α-hetero) is 1. The molecule has 2 aliphatic carbocycles. The average Bonchev–Trinajstić information content (AvgIpc) is 3.78. The maximum atomic E-state index is 13.6. The van der Waals surface area contributed by atoms with Crippen LogP contribution in [0.2, 0.25) is 0 Å². The molecule has 2 heterocycles. The van der Waals surface area contributed by atoms with Gasteiger partial charge in [-0.3, -0.25) is 29.3 Å². The smallest absolute Gasteiger partial charge is 0.379 e. The third kappa shape index (κ3) is 4.48. The third-order valence-electron chi connectivity index (χ3n) is 7.65. The summed E-state index contributed by atoms with van der Waals surface area (Å²) in [5.74, 6) is -4.58. The Morgan fingerprint density at radius 1 is 0.927 bits per heavy atom. The van der Waals surface area contributed by atoms with Crippen molar-refractivity contribution in [3.05, 3.63) is 106 Å². The third-order valence-corrected chi connectivity index (χ3v) is 7.65. The molecule has 1 aliphatic heterocycles. The summed E-state index contributed by atoms with van der Waals surface area (Å²) in [6.45, 7) is -0.652. The van der Waals surface area contributed by atoms with E-state index in [4.69, 9.17) is 9.15 Å². The van der Waals surface area contributed by atoms with Gasteiger partial charge in [-0.25, -0.2) is 9.80 Å². The largest absolute Gasteiger partial charge is 0.457 e. The highest BCUT2D eigenvalue weighted by Gasteiger charge is 2.61. The predicted octanol–water partition coefficient (Wildman–Crippen LogP) is 3.45. The van der Waals surface area contributed by atoms with Gasteiger partial charge in [-0.05, 0) is 66.8 Å². The fourth-order valence-electron chi connectivity index (χ4n) is 5.72. The fourth-order valence-corrected chi connectivity index (χ4v) is 5.72. The number of furan rings is 1. The minimum atomic E-state index is -0.834. The second kappa shape index (κ2) is 9.97. The molecule has 0 N–H and O–H groups in total. The molecule has 2 bridgehead atoms. The standard InChI is InChI=1S/C29H21N3O9/c33-22(16-7-11-21(12-8-16)41-29(37)23-2-1-13-40-23)15-30(26(34)17-5-9-20(10-6-17)32(38)39)31-27(35)24-18-3-4-19(14-18)25(24)28(31)36/h1-13,18-19,24-25H,14-15H2/t18-,19-,24+,25+/m0/s1. The van der Waals surface area contributed by atoms with Crippen molar-refractivity contribution in [1.82, 2.24) is 10.0 Å². The summed E-state index contributed by atoms with van der Waals surface area (Å²) >= 11 is 0. The van der Waals surface area contributed by atoms with E-state index in [2.05, 4.69) is 0 Å². The molecule has 1 saturated carbocycles. The van der Waals surface area contributed by atoms with E-state index in [9.17, 15) is 34.1 Å². The molecule has 206 valence electrons. The number of rotatable bonds is 8. The van der Waals surface area contributed by atoms with E-state index in [-0.39, 0.29) is 40.2 Å². The highest BCUT2D eigenvalue weighted by molar-refractivity contribution is 6.10. The Labute approximate surface area is 231 Å². The fraction of sp³-hybridized carbons (Fsp3) is 0.207. The molecule has 2 fully saturated rings. The number of fused-ring (bicyclic) bond motifs is 5. The number of hydrogen-bond acceptors (Lipinski definition) is 9. The minimum absolute atomic E-state index is 0.00102. The Morgan fingerprint density at radius 2 is 1.54 bits per heavy atom. The van der Waals surface area contributed by atoms with Crippen molar-refractivity contribution in [3.8, 4) is 5.75 Å². The van der Waals surface area contributed by atoms with Crippen LogP contribution < -0.4 is 4.74 Å². The van der Waals surface area contributed by atoms with Crippen molar-refractivity contribution in [1.29, 1.82) is 0 Å². The molecule has 0 unspecified atom stereocenters. The molecule has 2 aromatic carbocycles. The molecule has 3 aromatic rings. The van der Waals surface area contributed by atoms with Crippen LogP contribution in [0.1, 0.15) is 37.7 Å². The van der Waals surface area contributed by atoms with Crippen LogP contribution in [-0.2, 0) is 9.59 Å². The highest BCUT2D eigenvalue weighted by atomic mass is 16.6. The van der Waals surface area contributed by atoms with Gasteiger partial charge >= 0.3 is 5.97 Å². The number of nitro benzene ring substituents is 1. The van der Waals surface area contributed by atoms with Gasteiger partial charge in [0.2, 0.25) is 5.76 Å². The molecule has 3 aliphatic rings. The highest BCUT2D eigenvalue weighted by Crippen LogP contribution is 2.52. The SMILES string of the molecule is O=C(CN(C(=O)c1ccc([N+](=O)[O-])cc1)N1C(=O)[C@H]2[C@H](C1=O)[C@H]1C=C[C@H]2C1)c1ccc(OC(=O)c2ccco2)cc1. The summed E-state index contributed by atoms with van der Waals surface area (Å²) in [5.41, 5.74) is -0.157. The Kier molecular flexibility index (Phi) is 6.29. The van der Waals surface area contributed by atoms with Crippen molar-refractivity contribution in [3.63, 3.8) is 0 Å². The Morgan fingerprint density at radius 3 is 2.10 bits per heavy atom. The van der Waals surface area contributed by atoms with Crippen LogP contribution in [0, 0.1) is 33.8 Å². The van der Waals surface area contributed by atoms with Crippen LogP contribution in [0.4, 0.5) is 5.69 Å². The number of nitrogens with zero attached hydrogens (tertiary/aromatic N) is 3. The average molecular weight is 555 g/mol. The van der Waals surface area contributed by atoms with E-state index in [0.717, 1.165) is 22.2 Å². The molecule has 1 saturated heterocycles. The van der Waals surface area contributed by atoms with Crippen molar-refractivity contribution >= 4 is 35.2 Å². The van der Waals surface area contributed by atoms with Crippen LogP contribution >= 0.6 is 0 Å². The van der Waals surface area contributed by atoms with Gasteiger partial charge < -0.3 is 9.15 Å². The normalized spacial score (nSPS) is 22.1. The van der Waals surface area contributed by atoms with E-state index in [1.54, 1.807) is 0 Å². The van der Waals surface area contributed by atoms with Crippen molar-refractivity contribution < 1.29 is 38.1 Å². The van der Waals surface area contributed by atoms with E-state index in [1.165, 1.54) is 54.8 Å². The number of imide groups is 1. The lowest BCUT2D eigenvalue weighted by atomic mass is 9.85. The predicted molar refractivity (Wildman–Crippen MR) is 138 cm³/mol. The van der Waals surface area contributed by atoms with Gasteiger partial charge in [0.15, 0.2) is 5.78 Å². The number of nitro groups is 1. The molecule has 41 heavy (non-hydrogen) atoms. The van der Waals surface area contributed by atoms with Crippen molar-refractivity contribution in [2.24, 2.45) is 23.7 Å². The molecule has 1 aromatic heterocycles. The molecule has 12 nitrogen and oxygen atoms in total. The number of hydrogen-bond donors (Lipinski definition) is 0. The van der Waals surface area contributed by atoms with Gasteiger partial charge in [0.1, 0.15) is 12.3 Å². The molecule has 12 heteroatoms. The van der Waals surface area contributed by atoms with Crippen LogP contribution in [-0.4, -0.2) is 51.0 Å². The van der Waals surface area contributed by atoms with Crippen LogP contribution in [0.25, 0.3) is 0 Å². The first-order chi connectivity index (χ1) is 19.7. The summed E-state index contributed by atoms with van der Waals surface area (Å²) in [4.78, 5) is 76.5. The molecule has 6 rings (SSSR count). The quantitative estimate of drug-likeness (QED) is 0.0772. The molecule has 0 radical (unpaired) electrons. The first-order valence-electron chi connectivity index (χ1n) is 12.7. The maximum Gasteiger partial charge on any atom is 0.379 e. The molecule has 0 spiro atoms. The zero-order valence-electron chi connectivity index (χ0n) is 21.2. The van der Waals surface area contributed by atoms with Gasteiger partial charge in [0.25, 0.3) is 23.4 Å². The van der Waals surface area contributed by atoms with Crippen molar-refractivity contribution in [2.45, 2.75) is 6.42 Å². The Bertz CT molecular complexity index is 1580. The monoisotopic (exact) mass is 555 g/mol. The van der Waals surface area contributed by atoms with Crippen LogP contribution in [0.15, 0.2) is 83.5 Å². The van der Waals surface area contributed by atoms with Gasteiger partial charge in [-0.2, -0.15) is 5.01 Å². The summed E-state index contributed by atoms with van der Waals surface area (Å²) < 4.78 is 10.2. The van der Waals surface area contributed by atoms with Gasteiger partial charge in [0, 0.05) is 23.3 Å². The molecular weight excluding hydrogens is 534 g/mol. The lowest BCUT2D eigenvalue weighted by Gasteiger charge is -2.30. The Hall–Kier alpha value is -5.39. The van der Waals surface area contributed by atoms with E-state index in [1.807, 2.05) is 12.2 Å². The maximum absolute atomic E-state index is 13.6. The number of esters is 1.